The first-order valence-electron chi connectivity index (χ1n) is 7.86. The third-order valence-electron chi connectivity index (χ3n) is 4.60. The zero-order valence-corrected chi connectivity index (χ0v) is 13.3. The number of methoxy groups -OCH3 is 2. The van der Waals surface area contributed by atoms with Crippen LogP contribution in [0.15, 0.2) is 42.5 Å². The average Bonchev–Trinajstić information content (AvgIpc) is 3.00. The van der Waals surface area contributed by atoms with Gasteiger partial charge < -0.3 is 19.8 Å². The van der Waals surface area contributed by atoms with Gasteiger partial charge in [0.05, 0.1) is 20.3 Å². The molecule has 0 unspecified atom stereocenters. The fourth-order valence-corrected chi connectivity index (χ4v) is 3.50. The van der Waals surface area contributed by atoms with Gasteiger partial charge in [-0.05, 0) is 35.7 Å². The third-order valence-corrected chi connectivity index (χ3v) is 4.60. The molecule has 1 aliphatic heterocycles. The van der Waals surface area contributed by atoms with E-state index in [0.29, 0.717) is 0 Å². The minimum atomic E-state index is 0.144. The van der Waals surface area contributed by atoms with E-state index in [1.54, 1.807) is 14.2 Å². The van der Waals surface area contributed by atoms with Gasteiger partial charge in [0.25, 0.3) is 0 Å². The van der Waals surface area contributed by atoms with E-state index in [0.717, 1.165) is 24.5 Å². The number of benzene rings is 2. The Morgan fingerprint density at radius 2 is 1.83 bits per heavy atom. The van der Waals surface area contributed by atoms with Gasteiger partial charge in [0.2, 0.25) is 0 Å². The molecule has 1 atom stereocenters. The van der Waals surface area contributed by atoms with Crippen molar-refractivity contribution in [2.24, 2.45) is 0 Å². The van der Waals surface area contributed by atoms with Crippen molar-refractivity contribution in [3.05, 3.63) is 59.3 Å². The molecule has 4 heteroatoms. The lowest BCUT2D eigenvalue weighted by atomic mass is 9.94. The van der Waals surface area contributed by atoms with Crippen LogP contribution in [-0.2, 0) is 6.42 Å². The van der Waals surface area contributed by atoms with Crippen LogP contribution >= 0.6 is 0 Å². The van der Waals surface area contributed by atoms with Gasteiger partial charge in [-0.2, -0.15) is 0 Å². The van der Waals surface area contributed by atoms with E-state index in [9.17, 15) is 0 Å². The van der Waals surface area contributed by atoms with Gasteiger partial charge in [-0.3, -0.25) is 0 Å². The summed E-state index contributed by atoms with van der Waals surface area (Å²) < 4.78 is 10.8. The Kier molecular flexibility index (Phi) is 3.46. The molecular weight excluding hydrogens is 288 g/mol. The van der Waals surface area contributed by atoms with E-state index in [1.165, 1.54) is 27.7 Å². The molecule has 1 aromatic heterocycles. The molecule has 2 N–H and O–H groups in total. The minimum absolute atomic E-state index is 0.144. The van der Waals surface area contributed by atoms with Gasteiger partial charge in [-0.25, -0.2) is 0 Å². The van der Waals surface area contributed by atoms with Crippen LogP contribution in [0.4, 0.5) is 0 Å². The van der Waals surface area contributed by atoms with Crippen molar-refractivity contribution in [2.45, 2.75) is 12.5 Å². The summed E-state index contributed by atoms with van der Waals surface area (Å²) >= 11 is 0. The van der Waals surface area contributed by atoms with Gasteiger partial charge in [0.1, 0.15) is 0 Å². The molecule has 0 bridgehead atoms. The van der Waals surface area contributed by atoms with Crippen LogP contribution in [-0.4, -0.2) is 25.7 Å². The molecule has 2 aromatic carbocycles. The van der Waals surface area contributed by atoms with E-state index in [1.807, 2.05) is 6.07 Å². The highest BCUT2D eigenvalue weighted by atomic mass is 16.5. The molecule has 0 aliphatic carbocycles. The van der Waals surface area contributed by atoms with Crippen molar-refractivity contribution in [1.29, 1.82) is 0 Å². The van der Waals surface area contributed by atoms with Crippen molar-refractivity contribution < 1.29 is 9.47 Å². The summed E-state index contributed by atoms with van der Waals surface area (Å²) in [6.45, 7) is 0.966. The average molecular weight is 308 g/mol. The zero-order valence-electron chi connectivity index (χ0n) is 13.3. The third kappa shape index (κ3) is 2.26. The number of aromatic amines is 1. The lowest BCUT2D eigenvalue weighted by Gasteiger charge is -2.25. The van der Waals surface area contributed by atoms with Gasteiger partial charge in [0, 0.05) is 23.1 Å². The van der Waals surface area contributed by atoms with Crippen LogP contribution in [0, 0.1) is 0 Å². The number of nitrogens with one attached hydrogen (secondary N) is 2. The second-order valence-electron chi connectivity index (χ2n) is 5.81. The monoisotopic (exact) mass is 308 g/mol. The Morgan fingerprint density at radius 1 is 1.00 bits per heavy atom. The largest absolute Gasteiger partial charge is 0.493 e. The SMILES string of the molecule is COc1ccc([C@H]2NCCc3c2[nH]c2ccccc32)cc1OC. The quantitative estimate of drug-likeness (QED) is 0.779. The predicted molar refractivity (Wildman–Crippen MR) is 91.4 cm³/mol. The van der Waals surface area contributed by atoms with E-state index in [2.05, 4.69) is 46.7 Å². The summed E-state index contributed by atoms with van der Waals surface area (Å²) in [5.41, 5.74) is 5.05. The number of rotatable bonds is 3. The van der Waals surface area contributed by atoms with Crippen LogP contribution in [0.1, 0.15) is 22.9 Å². The lowest BCUT2D eigenvalue weighted by molar-refractivity contribution is 0.354. The van der Waals surface area contributed by atoms with Crippen LogP contribution in [0.3, 0.4) is 0 Å². The molecule has 4 nitrogen and oxygen atoms in total. The first-order valence-corrected chi connectivity index (χ1v) is 7.86. The van der Waals surface area contributed by atoms with E-state index in [-0.39, 0.29) is 6.04 Å². The first kappa shape index (κ1) is 14.2. The van der Waals surface area contributed by atoms with Crippen molar-refractivity contribution >= 4 is 10.9 Å². The normalized spacial score (nSPS) is 17.0. The molecule has 2 heterocycles. The highest BCUT2D eigenvalue weighted by molar-refractivity contribution is 5.85. The molecular formula is C19H20N2O2. The van der Waals surface area contributed by atoms with Gasteiger partial charge >= 0.3 is 0 Å². The maximum Gasteiger partial charge on any atom is 0.161 e. The van der Waals surface area contributed by atoms with Crippen LogP contribution in [0.5, 0.6) is 11.5 Å². The molecule has 0 saturated carbocycles. The smallest absolute Gasteiger partial charge is 0.161 e. The zero-order chi connectivity index (χ0) is 15.8. The Hall–Kier alpha value is -2.46. The highest BCUT2D eigenvalue weighted by Crippen LogP contribution is 2.36. The molecule has 118 valence electrons. The topological polar surface area (TPSA) is 46.3 Å². The van der Waals surface area contributed by atoms with Gasteiger partial charge in [-0.1, -0.05) is 24.3 Å². The maximum atomic E-state index is 5.45. The first-order chi connectivity index (χ1) is 11.3. The van der Waals surface area contributed by atoms with Crippen LogP contribution < -0.4 is 14.8 Å². The predicted octanol–water partition coefficient (Wildman–Crippen LogP) is 3.42. The van der Waals surface area contributed by atoms with Crippen LogP contribution in [0.25, 0.3) is 10.9 Å². The number of fused-ring (bicyclic) bond motifs is 3. The molecule has 0 radical (unpaired) electrons. The summed E-state index contributed by atoms with van der Waals surface area (Å²) in [6.07, 6.45) is 1.04. The minimum Gasteiger partial charge on any atom is -0.493 e. The van der Waals surface area contributed by atoms with Gasteiger partial charge in [-0.15, -0.1) is 0 Å². The van der Waals surface area contributed by atoms with Crippen molar-refractivity contribution in [3.8, 4) is 11.5 Å². The molecule has 0 amide bonds. The number of H-pyrrole nitrogens is 1. The van der Waals surface area contributed by atoms with Crippen LogP contribution in [0.2, 0.25) is 0 Å². The molecule has 0 saturated heterocycles. The van der Waals surface area contributed by atoms with Crippen molar-refractivity contribution in [1.82, 2.24) is 10.3 Å². The lowest BCUT2D eigenvalue weighted by Crippen LogP contribution is -2.30. The molecule has 4 rings (SSSR count). The number of hydrogen-bond acceptors (Lipinski definition) is 3. The van der Waals surface area contributed by atoms with E-state index < -0.39 is 0 Å². The summed E-state index contributed by atoms with van der Waals surface area (Å²) in [5.74, 6) is 1.51. The fourth-order valence-electron chi connectivity index (χ4n) is 3.50. The van der Waals surface area contributed by atoms with E-state index >= 15 is 0 Å². The van der Waals surface area contributed by atoms with Crippen molar-refractivity contribution in [3.63, 3.8) is 0 Å². The summed E-state index contributed by atoms with van der Waals surface area (Å²) in [4.78, 5) is 3.60. The number of para-hydroxylation sites is 1. The van der Waals surface area contributed by atoms with Crippen molar-refractivity contribution in [2.75, 3.05) is 20.8 Å². The second kappa shape index (κ2) is 5.63. The Bertz CT molecular complexity index is 854. The van der Waals surface area contributed by atoms with Gasteiger partial charge in [0.15, 0.2) is 11.5 Å². The standard InChI is InChI=1S/C19H20N2O2/c1-22-16-8-7-12(11-17(16)23-2)18-19-14(9-10-20-18)13-5-3-4-6-15(13)21-19/h3-8,11,18,20-21H,9-10H2,1-2H3/t18-/m1/s1. The summed E-state index contributed by atoms with van der Waals surface area (Å²) in [7, 11) is 3.33. The molecule has 3 aromatic rings. The molecule has 0 fully saturated rings. The fraction of sp³-hybridized carbons (Fsp3) is 0.263. The molecule has 1 aliphatic rings. The maximum absolute atomic E-state index is 5.45. The Balaban J connectivity index is 1.83. The highest BCUT2D eigenvalue weighted by Gasteiger charge is 2.25. The summed E-state index contributed by atoms with van der Waals surface area (Å²) in [6, 6.07) is 14.8. The van der Waals surface area contributed by atoms with E-state index in [4.69, 9.17) is 9.47 Å². The number of hydrogen-bond donors (Lipinski definition) is 2. The summed E-state index contributed by atoms with van der Waals surface area (Å²) in [5, 5.41) is 4.94. The molecule has 23 heavy (non-hydrogen) atoms. The number of aromatic nitrogens is 1. The Morgan fingerprint density at radius 3 is 2.65 bits per heavy atom. The molecule has 0 spiro atoms. The Labute approximate surface area is 135 Å². The number of ether oxygens (including phenoxy) is 2. The second-order valence-corrected chi connectivity index (χ2v) is 5.81.